The molecule has 2 aromatic heterocycles. The van der Waals surface area contributed by atoms with Crippen molar-refractivity contribution >= 4 is 27.5 Å². The van der Waals surface area contributed by atoms with E-state index >= 15 is 8.78 Å². The highest BCUT2D eigenvalue weighted by Crippen LogP contribution is 2.49. The number of terminal acetylenes is 1. The zero-order valence-electron chi connectivity index (χ0n) is 30.9. The van der Waals surface area contributed by atoms with Gasteiger partial charge in [-0.1, -0.05) is 18.4 Å². The highest BCUT2D eigenvalue weighted by Gasteiger charge is 2.49. The van der Waals surface area contributed by atoms with E-state index in [1.807, 2.05) is 4.90 Å². The fourth-order valence-electron chi connectivity index (χ4n) is 9.36. The molecule has 11 nitrogen and oxygen atoms in total. The predicted molar refractivity (Wildman–Crippen MR) is 200 cm³/mol. The number of rotatable bonds is 8. The lowest BCUT2D eigenvalue weighted by molar-refractivity contribution is -0.0203. The van der Waals surface area contributed by atoms with Crippen LogP contribution in [0.1, 0.15) is 57.4 Å². The van der Waals surface area contributed by atoms with Crippen LogP contribution in [-0.2, 0) is 9.47 Å². The maximum absolute atomic E-state index is 17.3. The van der Waals surface area contributed by atoms with Gasteiger partial charge >= 0.3 is 6.01 Å². The summed E-state index contributed by atoms with van der Waals surface area (Å²) in [6.07, 6.45) is 13.2. The summed E-state index contributed by atoms with van der Waals surface area (Å²) >= 11 is 0. The molecule has 3 aliphatic heterocycles. The minimum Gasteiger partial charge on any atom is -0.508 e. The van der Waals surface area contributed by atoms with E-state index in [9.17, 15) is 10.2 Å². The van der Waals surface area contributed by atoms with Gasteiger partial charge in [0.25, 0.3) is 0 Å². The molecule has 5 heterocycles. The molecule has 13 heteroatoms. The van der Waals surface area contributed by atoms with Crippen LogP contribution in [0.5, 0.6) is 17.6 Å². The number of anilines is 1. The number of methoxy groups -OCH3 is 1. The average molecular weight is 744 g/mol. The first-order chi connectivity index (χ1) is 26.1. The number of nitrogens with zero attached hydrogens (tertiary/aromatic N) is 5. The first-order valence-corrected chi connectivity index (χ1v) is 19.0. The number of phenolic OH excluding ortho intramolecular Hbond substituents is 1. The van der Waals surface area contributed by atoms with Crippen LogP contribution in [0.25, 0.3) is 32.9 Å². The Morgan fingerprint density at radius 1 is 1.02 bits per heavy atom. The Hall–Kier alpha value is -4.35. The molecular weight excluding hydrogens is 696 g/mol. The first-order valence-electron chi connectivity index (χ1n) is 19.0. The van der Waals surface area contributed by atoms with Crippen molar-refractivity contribution in [2.24, 2.45) is 11.3 Å². The molecule has 0 bridgehead atoms. The van der Waals surface area contributed by atoms with Gasteiger partial charge in [-0.3, -0.25) is 4.90 Å². The molecule has 1 saturated carbocycles. The van der Waals surface area contributed by atoms with Gasteiger partial charge < -0.3 is 34.1 Å². The van der Waals surface area contributed by atoms with Crippen LogP contribution in [0.15, 0.2) is 24.3 Å². The third-order valence-corrected chi connectivity index (χ3v) is 11.8. The number of benzene rings is 2. The van der Waals surface area contributed by atoms with Gasteiger partial charge in [-0.2, -0.15) is 9.97 Å². The van der Waals surface area contributed by atoms with Gasteiger partial charge in [0.2, 0.25) is 5.88 Å². The van der Waals surface area contributed by atoms with Crippen LogP contribution in [0, 0.1) is 35.3 Å². The number of aliphatic hydroxyl groups is 1. The standard InChI is InChI=1S/C41H47F2N5O6/c1-4-28-30(42)9-8-26-19-27(49)20-29(32(26)28)35-34(43)36-33(38(44-35)51-3)37(48-15-18-53-23-40(2,50)22-48)46-39(45-36)54-24-41-12-5-7-31(41)47(14-6-13-41)21-25-10-16-52-17-11-25/h1,8-9,19-20,25,31,49-50H,5-7,10-18,21-24H2,2-3H3. The van der Waals surface area contributed by atoms with E-state index in [-0.39, 0.29) is 81.7 Å². The van der Waals surface area contributed by atoms with Crippen molar-refractivity contribution < 1.29 is 37.9 Å². The summed E-state index contributed by atoms with van der Waals surface area (Å²) < 4.78 is 56.1. The predicted octanol–water partition coefficient (Wildman–Crippen LogP) is 5.85. The van der Waals surface area contributed by atoms with Gasteiger partial charge in [-0.15, -0.1) is 6.42 Å². The van der Waals surface area contributed by atoms with E-state index in [0.29, 0.717) is 30.5 Å². The molecule has 0 radical (unpaired) electrons. The van der Waals surface area contributed by atoms with E-state index in [1.54, 1.807) is 6.92 Å². The lowest BCUT2D eigenvalue weighted by atomic mass is 9.75. The fraction of sp³-hybridized carbons (Fsp3) is 0.537. The molecule has 8 rings (SSSR count). The Labute approximate surface area is 313 Å². The highest BCUT2D eigenvalue weighted by molar-refractivity contribution is 6.04. The Bertz CT molecular complexity index is 2100. The van der Waals surface area contributed by atoms with Crippen LogP contribution in [0.2, 0.25) is 0 Å². The number of aromatic nitrogens is 3. The maximum Gasteiger partial charge on any atom is 0.319 e. The number of hydrogen-bond acceptors (Lipinski definition) is 11. The van der Waals surface area contributed by atoms with Gasteiger partial charge in [0, 0.05) is 48.7 Å². The van der Waals surface area contributed by atoms with E-state index in [1.165, 1.54) is 31.4 Å². The highest BCUT2D eigenvalue weighted by atomic mass is 19.1. The Balaban J connectivity index is 1.24. The summed E-state index contributed by atoms with van der Waals surface area (Å²) in [6, 6.07) is 5.76. The summed E-state index contributed by atoms with van der Waals surface area (Å²) in [5, 5.41) is 22.7. The Morgan fingerprint density at radius 3 is 2.63 bits per heavy atom. The topological polar surface area (TPSA) is 123 Å². The molecule has 4 fully saturated rings. The SMILES string of the molecule is C#Cc1c(F)ccc2cc(O)cc(-c3nc(OC)c4c(N5CCOCC(C)(O)C5)nc(OCC56CCCC5N(CC5CCOCC5)CCC6)nc4c3F)c12. The summed E-state index contributed by atoms with van der Waals surface area (Å²) in [4.78, 5) is 18.7. The van der Waals surface area contributed by atoms with Crippen molar-refractivity contribution in [3.05, 3.63) is 41.5 Å². The lowest BCUT2D eigenvalue weighted by Crippen LogP contribution is -2.53. The number of halogens is 2. The average Bonchev–Trinajstić information content (AvgIpc) is 3.52. The molecule has 3 atom stereocenters. The van der Waals surface area contributed by atoms with E-state index in [2.05, 4.69) is 15.8 Å². The number of aromatic hydroxyl groups is 1. The van der Waals surface area contributed by atoms with Crippen molar-refractivity contribution in [1.29, 1.82) is 0 Å². The quantitative estimate of drug-likeness (QED) is 0.212. The normalized spacial score (nSPS) is 25.4. The largest absolute Gasteiger partial charge is 0.508 e. The smallest absolute Gasteiger partial charge is 0.319 e. The number of likely N-dealkylation sites (tertiary alicyclic amines) is 1. The van der Waals surface area contributed by atoms with Crippen LogP contribution in [0.3, 0.4) is 0 Å². The third kappa shape index (κ3) is 6.78. The maximum atomic E-state index is 17.3. The zero-order chi connectivity index (χ0) is 37.6. The molecular formula is C41H47F2N5O6. The van der Waals surface area contributed by atoms with Gasteiger partial charge in [-0.05, 0) is 81.5 Å². The molecule has 4 aromatic rings. The van der Waals surface area contributed by atoms with Crippen molar-refractivity contribution in [2.45, 2.75) is 63.5 Å². The fourth-order valence-corrected chi connectivity index (χ4v) is 9.36. The van der Waals surface area contributed by atoms with Crippen LogP contribution in [0.4, 0.5) is 14.6 Å². The van der Waals surface area contributed by atoms with Crippen molar-refractivity contribution in [2.75, 3.05) is 71.2 Å². The van der Waals surface area contributed by atoms with Crippen molar-refractivity contribution in [1.82, 2.24) is 19.9 Å². The van der Waals surface area contributed by atoms with Crippen molar-refractivity contribution in [3.63, 3.8) is 0 Å². The van der Waals surface area contributed by atoms with E-state index in [0.717, 1.165) is 71.2 Å². The number of β-amino-alcohol motifs (C(OH)–C–C–N with tert-alkyl or cyclic N) is 1. The summed E-state index contributed by atoms with van der Waals surface area (Å²) in [5.41, 5.74) is -1.74. The number of pyridine rings is 1. The van der Waals surface area contributed by atoms with Gasteiger partial charge in [-0.25, -0.2) is 13.8 Å². The number of hydrogen-bond donors (Lipinski definition) is 2. The van der Waals surface area contributed by atoms with Gasteiger partial charge in [0.05, 0.1) is 39.0 Å². The minimum absolute atomic E-state index is 0.00611. The van der Waals surface area contributed by atoms with Gasteiger partial charge in [0.1, 0.15) is 39.6 Å². The Kier molecular flexibility index (Phi) is 9.98. The molecule has 1 aliphatic carbocycles. The second-order valence-corrected chi connectivity index (χ2v) is 15.7. The van der Waals surface area contributed by atoms with Crippen LogP contribution in [-0.4, -0.2) is 108 Å². The molecule has 54 heavy (non-hydrogen) atoms. The number of fused-ring (bicyclic) bond motifs is 3. The summed E-state index contributed by atoms with van der Waals surface area (Å²) in [5.74, 6) is 1.57. The molecule has 3 saturated heterocycles. The number of ether oxygens (including phenoxy) is 4. The van der Waals surface area contributed by atoms with Crippen molar-refractivity contribution in [3.8, 4) is 41.2 Å². The molecule has 0 spiro atoms. The molecule has 0 amide bonds. The molecule has 2 aromatic carbocycles. The molecule has 4 aliphatic rings. The molecule has 2 N–H and O–H groups in total. The van der Waals surface area contributed by atoms with Crippen LogP contribution < -0.4 is 14.4 Å². The third-order valence-electron chi connectivity index (χ3n) is 11.8. The second-order valence-electron chi connectivity index (χ2n) is 15.7. The monoisotopic (exact) mass is 743 g/mol. The minimum atomic E-state index is -1.24. The number of piperidine rings is 1. The molecule has 286 valence electrons. The zero-order valence-corrected chi connectivity index (χ0v) is 30.9. The summed E-state index contributed by atoms with van der Waals surface area (Å²) in [7, 11) is 1.40. The first kappa shape index (κ1) is 36.6. The summed E-state index contributed by atoms with van der Waals surface area (Å²) in [6.45, 7) is 6.65. The van der Waals surface area contributed by atoms with Gasteiger partial charge in [0.15, 0.2) is 5.82 Å². The van der Waals surface area contributed by atoms with E-state index < -0.39 is 17.2 Å². The molecule has 3 unspecified atom stereocenters. The van der Waals surface area contributed by atoms with Crippen LogP contribution >= 0.6 is 0 Å². The van der Waals surface area contributed by atoms with E-state index in [4.69, 9.17) is 35.3 Å². The Morgan fingerprint density at radius 2 is 1.83 bits per heavy atom. The lowest BCUT2D eigenvalue weighted by Gasteiger charge is -2.47. The second kappa shape index (κ2) is 14.7. The number of phenols is 1.